The normalized spacial score (nSPS) is 15.1. The zero-order valence-corrected chi connectivity index (χ0v) is 19.7. The molecule has 0 bridgehead atoms. The van der Waals surface area contributed by atoms with Gasteiger partial charge in [-0.25, -0.2) is 23.4 Å². The molecule has 0 aliphatic carbocycles. The molecule has 1 aliphatic heterocycles. The molecule has 1 saturated heterocycles. The van der Waals surface area contributed by atoms with E-state index in [1.165, 1.54) is 4.31 Å². The highest BCUT2D eigenvalue weighted by Crippen LogP contribution is 2.27. The van der Waals surface area contributed by atoms with Crippen LogP contribution in [-0.4, -0.2) is 53.9 Å². The number of hydrogen-bond acceptors (Lipinski definition) is 7. The van der Waals surface area contributed by atoms with Crippen LogP contribution < -0.4 is 10.2 Å². The molecule has 162 valence electrons. The highest BCUT2D eigenvalue weighted by atomic mass is 79.9. The molecule has 0 unspecified atom stereocenters. The van der Waals surface area contributed by atoms with Crippen LogP contribution in [0, 0.1) is 13.8 Å². The van der Waals surface area contributed by atoms with Crippen molar-refractivity contribution in [1.82, 2.24) is 19.3 Å². The van der Waals surface area contributed by atoms with Gasteiger partial charge in [-0.3, -0.25) is 0 Å². The first-order chi connectivity index (χ1) is 14.8. The molecule has 0 saturated carbocycles. The van der Waals surface area contributed by atoms with E-state index in [0.717, 1.165) is 11.4 Å². The maximum Gasteiger partial charge on any atom is 0.244 e. The minimum atomic E-state index is -3.55. The Morgan fingerprint density at radius 2 is 1.71 bits per heavy atom. The topological polar surface area (TPSA) is 91.3 Å². The quantitative estimate of drug-likeness (QED) is 0.570. The number of hydrogen-bond donors (Lipinski definition) is 1. The first kappa shape index (κ1) is 21.7. The van der Waals surface area contributed by atoms with Crippen LogP contribution in [0.5, 0.6) is 0 Å². The molecule has 3 aromatic rings. The molecule has 0 amide bonds. The van der Waals surface area contributed by atoms with Gasteiger partial charge in [0.25, 0.3) is 0 Å². The highest BCUT2D eigenvalue weighted by molar-refractivity contribution is 9.10. The maximum atomic E-state index is 13.0. The molecule has 1 N–H and O–H groups in total. The monoisotopic (exact) mass is 502 g/mol. The Bertz CT molecular complexity index is 1200. The Balaban J connectivity index is 1.49. The molecule has 1 aromatic carbocycles. The number of nitrogens with one attached hydrogen (secondary N) is 1. The van der Waals surface area contributed by atoms with E-state index in [1.54, 1.807) is 30.5 Å². The fourth-order valence-electron chi connectivity index (χ4n) is 3.46. The number of nitrogens with zero attached hydrogens (tertiary/aromatic N) is 5. The van der Waals surface area contributed by atoms with E-state index in [4.69, 9.17) is 0 Å². The summed E-state index contributed by atoms with van der Waals surface area (Å²) in [5.74, 6) is 2.77. The summed E-state index contributed by atoms with van der Waals surface area (Å²) < 4.78 is 28.1. The Hall–Kier alpha value is -2.56. The van der Waals surface area contributed by atoms with E-state index in [2.05, 4.69) is 41.1 Å². The largest absolute Gasteiger partial charge is 0.354 e. The number of aryl methyl sites for hydroxylation is 2. The second-order valence-electron chi connectivity index (χ2n) is 7.32. The number of benzene rings is 1. The van der Waals surface area contributed by atoms with Gasteiger partial charge in [0.1, 0.15) is 23.3 Å². The third-order valence-corrected chi connectivity index (χ3v) is 7.92. The Morgan fingerprint density at radius 1 is 0.968 bits per heavy atom. The smallest absolute Gasteiger partial charge is 0.244 e. The van der Waals surface area contributed by atoms with E-state index in [-0.39, 0.29) is 0 Å². The van der Waals surface area contributed by atoms with Crippen LogP contribution in [0.15, 0.2) is 58.0 Å². The lowest BCUT2D eigenvalue weighted by Crippen LogP contribution is -2.49. The number of sulfonamides is 1. The van der Waals surface area contributed by atoms with Gasteiger partial charge >= 0.3 is 0 Å². The average Bonchev–Trinajstić information content (AvgIpc) is 2.73. The van der Waals surface area contributed by atoms with Crippen molar-refractivity contribution in [1.29, 1.82) is 0 Å². The maximum absolute atomic E-state index is 13.0. The van der Waals surface area contributed by atoms with Crippen LogP contribution >= 0.6 is 15.9 Å². The second-order valence-corrected chi connectivity index (χ2v) is 10.1. The van der Waals surface area contributed by atoms with E-state index in [0.29, 0.717) is 53.0 Å². The lowest BCUT2D eigenvalue weighted by atomic mass is 10.3. The van der Waals surface area contributed by atoms with Crippen molar-refractivity contribution in [3.63, 3.8) is 0 Å². The summed E-state index contributed by atoms with van der Waals surface area (Å²) in [7, 11) is -3.55. The van der Waals surface area contributed by atoms with Crippen LogP contribution in [-0.2, 0) is 10.0 Å². The second kappa shape index (κ2) is 8.89. The molecule has 0 atom stereocenters. The average molecular weight is 503 g/mol. The third kappa shape index (κ3) is 4.86. The molecule has 0 spiro atoms. The van der Waals surface area contributed by atoms with Crippen molar-refractivity contribution in [2.45, 2.75) is 18.7 Å². The molecule has 3 heterocycles. The number of piperazine rings is 1. The van der Waals surface area contributed by atoms with E-state index < -0.39 is 10.0 Å². The van der Waals surface area contributed by atoms with Gasteiger partial charge in [0.2, 0.25) is 10.0 Å². The van der Waals surface area contributed by atoms with Gasteiger partial charge in [0, 0.05) is 42.9 Å². The van der Waals surface area contributed by atoms with Crippen molar-refractivity contribution in [3.05, 3.63) is 64.5 Å². The molecule has 10 heteroatoms. The lowest BCUT2D eigenvalue weighted by Gasteiger charge is -2.35. The Labute approximate surface area is 190 Å². The summed E-state index contributed by atoms with van der Waals surface area (Å²) in [5.41, 5.74) is 1.10. The van der Waals surface area contributed by atoms with E-state index >= 15 is 0 Å². The van der Waals surface area contributed by atoms with Crippen molar-refractivity contribution >= 4 is 43.4 Å². The lowest BCUT2D eigenvalue weighted by molar-refractivity contribution is 0.383. The summed E-state index contributed by atoms with van der Waals surface area (Å²) in [6.45, 7) is 5.70. The number of anilines is 3. The highest BCUT2D eigenvalue weighted by Gasteiger charge is 2.30. The Kier molecular flexibility index (Phi) is 6.22. The molecule has 1 aliphatic rings. The van der Waals surface area contributed by atoms with Crippen molar-refractivity contribution in [3.8, 4) is 0 Å². The number of halogens is 1. The fourth-order valence-corrected chi connectivity index (χ4v) is 5.85. The van der Waals surface area contributed by atoms with Crippen molar-refractivity contribution in [2.75, 3.05) is 36.4 Å². The predicted molar refractivity (Wildman–Crippen MR) is 124 cm³/mol. The van der Waals surface area contributed by atoms with Gasteiger partial charge in [0.05, 0.1) is 4.90 Å². The van der Waals surface area contributed by atoms with Gasteiger partial charge in [-0.05, 0) is 59.6 Å². The van der Waals surface area contributed by atoms with Gasteiger partial charge in [-0.15, -0.1) is 0 Å². The number of aromatic nitrogens is 3. The van der Waals surface area contributed by atoms with Crippen molar-refractivity contribution in [2.24, 2.45) is 0 Å². The molecule has 1 fully saturated rings. The molecule has 31 heavy (non-hydrogen) atoms. The van der Waals surface area contributed by atoms with Gasteiger partial charge in [-0.2, -0.15) is 4.31 Å². The Morgan fingerprint density at radius 3 is 2.42 bits per heavy atom. The van der Waals surface area contributed by atoms with E-state index in [9.17, 15) is 8.42 Å². The molecular weight excluding hydrogens is 480 g/mol. The molecule has 4 rings (SSSR count). The third-order valence-electron chi connectivity index (χ3n) is 5.01. The molecule has 0 radical (unpaired) electrons. The summed E-state index contributed by atoms with van der Waals surface area (Å²) in [6.07, 6.45) is 1.75. The summed E-state index contributed by atoms with van der Waals surface area (Å²) in [6, 6.07) is 12.6. The predicted octanol–water partition coefficient (Wildman–Crippen LogP) is 3.51. The SMILES string of the molecule is Cc1ccnc(Nc2cc(N3CCN(S(=O)(=O)c4ccccc4Br)CC3)nc(C)n2)c1. The van der Waals surface area contributed by atoms with Crippen LogP contribution in [0.1, 0.15) is 11.4 Å². The van der Waals surface area contributed by atoms with Gasteiger partial charge in [-0.1, -0.05) is 12.1 Å². The summed E-state index contributed by atoms with van der Waals surface area (Å²) in [5, 5.41) is 3.23. The standard InChI is InChI=1S/C21H23BrN6O2S/c1-15-7-8-23-19(13-15)26-20-14-21(25-16(2)24-20)27-9-11-28(12-10-27)31(29,30)18-6-4-3-5-17(18)22/h3-8,13-14H,9-12H2,1-2H3,(H,23,24,25,26). The fraction of sp³-hybridized carbons (Fsp3) is 0.286. The van der Waals surface area contributed by atoms with E-state index in [1.807, 2.05) is 32.0 Å². The first-order valence-corrected chi connectivity index (χ1v) is 12.1. The summed E-state index contributed by atoms with van der Waals surface area (Å²) in [4.78, 5) is 15.7. The van der Waals surface area contributed by atoms with Crippen LogP contribution in [0.2, 0.25) is 0 Å². The molecule has 8 nitrogen and oxygen atoms in total. The van der Waals surface area contributed by atoms with Crippen molar-refractivity contribution < 1.29 is 8.42 Å². The zero-order valence-electron chi connectivity index (χ0n) is 17.3. The van der Waals surface area contributed by atoms with Gasteiger partial charge < -0.3 is 10.2 Å². The number of pyridine rings is 1. The summed E-state index contributed by atoms with van der Waals surface area (Å²) >= 11 is 3.35. The minimum absolute atomic E-state index is 0.290. The molecular formula is C21H23BrN6O2S. The van der Waals surface area contributed by atoms with Crippen LogP contribution in [0.4, 0.5) is 17.5 Å². The minimum Gasteiger partial charge on any atom is -0.354 e. The van der Waals surface area contributed by atoms with Crippen LogP contribution in [0.3, 0.4) is 0 Å². The molecule has 2 aromatic heterocycles. The zero-order chi connectivity index (χ0) is 22.0. The number of rotatable bonds is 5. The van der Waals surface area contributed by atoms with Gasteiger partial charge in [0.15, 0.2) is 0 Å². The van der Waals surface area contributed by atoms with Crippen LogP contribution in [0.25, 0.3) is 0 Å². The first-order valence-electron chi connectivity index (χ1n) is 9.88.